The average molecular weight is 309 g/mol. The van der Waals surface area contributed by atoms with Gasteiger partial charge in [-0.05, 0) is 24.5 Å². The second-order valence-electron chi connectivity index (χ2n) is 5.18. The lowest BCUT2D eigenvalue weighted by Crippen LogP contribution is -2.53. The van der Waals surface area contributed by atoms with Crippen molar-refractivity contribution in [3.05, 3.63) is 42.1 Å². The standard InChI is InChI=1S/C15H19NO4S/c17-14(18)15(10-5-2-6-11-15)16(21(19)20)12-9-13-7-3-1-4-8-13/h1,3-4,7-9,12H,2,5-6,10-11H2,(H,17,18)(H,19,20). The van der Waals surface area contributed by atoms with Crippen LogP contribution in [0, 0.1) is 0 Å². The van der Waals surface area contributed by atoms with Gasteiger partial charge in [0.25, 0.3) is 11.3 Å². The van der Waals surface area contributed by atoms with Gasteiger partial charge in [0, 0.05) is 6.20 Å². The molecule has 0 spiro atoms. The van der Waals surface area contributed by atoms with E-state index >= 15 is 0 Å². The van der Waals surface area contributed by atoms with Gasteiger partial charge in [-0.3, -0.25) is 8.86 Å². The van der Waals surface area contributed by atoms with Gasteiger partial charge >= 0.3 is 5.97 Å². The van der Waals surface area contributed by atoms with Crippen LogP contribution in [0.1, 0.15) is 37.7 Å². The molecule has 2 N–H and O–H groups in total. The van der Waals surface area contributed by atoms with Gasteiger partial charge in [0.05, 0.1) is 0 Å². The van der Waals surface area contributed by atoms with E-state index < -0.39 is 22.8 Å². The summed E-state index contributed by atoms with van der Waals surface area (Å²) in [5.41, 5.74) is -0.437. The van der Waals surface area contributed by atoms with Crippen molar-refractivity contribution in [2.24, 2.45) is 0 Å². The summed E-state index contributed by atoms with van der Waals surface area (Å²) in [6, 6.07) is 9.28. The zero-order chi connectivity index (χ0) is 15.3. The summed E-state index contributed by atoms with van der Waals surface area (Å²) >= 11 is -2.37. The summed E-state index contributed by atoms with van der Waals surface area (Å²) in [4.78, 5) is 11.7. The van der Waals surface area contributed by atoms with Crippen LogP contribution < -0.4 is 0 Å². The predicted octanol–water partition coefficient (Wildman–Crippen LogP) is 2.88. The highest BCUT2D eigenvalue weighted by Gasteiger charge is 2.46. The fourth-order valence-corrected chi connectivity index (χ4v) is 3.45. The Labute approximate surface area is 126 Å². The molecule has 0 radical (unpaired) electrons. The Morgan fingerprint density at radius 2 is 1.81 bits per heavy atom. The Bertz CT molecular complexity index is 538. The maximum atomic E-state index is 11.7. The maximum Gasteiger partial charge on any atom is 0.330 e. The normalized spacial score (nSPS) is 19.3. The molecule has 1 aromatic rings. The van der Waals surface area contributed by atoms with Gasteiger partial charge in [0.1, 0.15) is 0 Å². The van der Waals surface area contributed by atoms with Gasteiger partial charge in [-0.1, -0.05) is 49.6 Å². The largest absolute Gasteiger partial charge is 0.479 e. The fourth-order valence-electron chi connectivity index (χ4n) is 2.73. The number of rotatable bonds is 5. The van der Waals surface area contributed by atoms with Crippen LogP contribution in [0.3, 0.4) is 0 Å². The van der Waals surface area contributed by atoms with E-state index in [4.69, 9.17) is 0 Å². The average Bonchev–Trinajstić information content (AvgIpc) is 2.49. The minimum absolute atomic E-state index is 0.383. The van der Waals surface area contributed by atoms with Crippen LogP contribution in [-0.4, -0.2) is 29.7 Å². The number of hydrogen-bond donors (Lipinski definition) is 2. The van der Waals surface area contributed by atoms with E-state index in [1.807, 2.05) is 30.3 Å². The predicted molar refractivity (Wildman–Crippen MR) is 81.5 cm³/mol. The summed E-state index contributed by atoms with van der Waals surface area (Å²) in [5, 5.41) is 9.58. The van der Waals surface area contributed by atoms with Crippen molar-refractivity contribution in [2.75, 3.05) is 0 Å². The van der Waals surface area contributed by atoms with Gasteiger partial charge in [-0.15, -0.1) is 0 Å². The maximum absolute atomic E-state index is 11.7. The van der Waals surface area contributed by atoms with Crippen molar-refractivity contribution in [1.29, 1.82) is 0 Å². The minimum atomic E-state index is -2.37. The van der Waals surface area contributed by atoms with E-state index in [0.717, 1.165) is 29.1 Å². The number of carboxylic acids is 1. The molecule has 21 heavy (non-hydrogen) atoms. The van der Waals surface area contributed by atoms with Crippen molar-refractivity contribution in [3.63, 3.8) is 0 Å². The molecule has 1 aliphatic rings. The third-order valence-electron chi connectivity index (χ3n) is 3.87. The highest BCUT2D eigenvalue weighted by molar-refractivity contribution is 7.76. The molecule has 0 heterocycles. The van der Waals surface area contributed by atoms with Gasteiger partial charge in [-0.25, -0.2) is 9.00 Å². The van der Waals surface area contributed by atoms with Crippen LogP contribution in [0.15, 0.2) is 36.5 Å². The van der Waals surface area contributed by atoms with Crippen molar-refractivity contribution in [1.82, 2.24) is 4.31 Å². The van der Waals surface area contributed by atoms with Crippen LogP contribution >= 0.6 is 0 Å². The van der Waals surface area contributed by atoms with E-state index in [2.05, 4.69) is 0 Å². The molecule has 1 atom stereocenters. The lowest BCUT2D eigenvalue weighted by molar-refractivity contribution is -0.149. The number of hydrogen-bond acceptors (Lipinski definition) is 2. The van der Waals surface area contributed by atoms with Crippen LogP contribution in [-0.2, 0) is 16.1 Å². The minimum Gasteiger partial charge on any atom is -0.479 e. The molecule has 1 unspecified atom stereocenters. The van der Waals surface area contributed by atoms with Crippen molar-refractivity contribution < 1.29 is 18.7 Å². The van der Waals surface area contributed by atoms with Gasteiger partial charge in [-0.2, -0.15) is 0 Å². The van der Waals surface area contributed by atoms with Crippen LogP contribution in [0.5, 0.6) is 0 Å². The van der Waals surface area contributed by atoms with Crippen LogP contribution in [0.25, 0.3) is 6.08 Å². The summed E-state index contributed by atoms with van der Waals surface area (Å²) in [7, 11) is 0. The Morgan fingerprint density at radius 1 is 1.19 bits per heavy atom. The summed E-state index contributed by atoms with van der Waals surface area (Å²) in [5.74, 6) is -1.04. The SMILES string of the molecule is O=C(O)C1(N(C=Cc2ccccc2)S(=O)O)CCCCC1. The summed E-state index contributed by atoms with van der Waals surface area (Å²) < 4.78 is 22.3. The molecule has 0 aromatic heterocycles. The molecule has 1 aliphatic carbocycles. The van der Waals surface area contributed by atoms with E-state index in [9.17, 15) is 18.7 Å². The zero-order valence-electron chi connectivity index (χ0n) is 11.6. The molecule has 6 heteroatoms. The second-order valence-corrected chi connectivity index (χ2v) is 6.04. The Hall–Kier alpha value is -1.66. The monoisotopic (exact) mass is 309 g/mol. The molecule has 0 bridgehead atoms. The first-order chi connectivity index (χ1) is 10.1. The van der Waals surface area contributed by atoms with Crippen LogP contribution in [0.2, 0.25) is 0 Å². The van der Waals surface area contributed by atoms with Gasteiger partial charge < -0.3 is 5.11 Å². The highest BCUT2D eigenvalue weighted by atomic mass is 32.2. The highest BCUT2D eigenvalue weighted by Crippen LogP contribution is 2.35. The molecule has 5 nitrogen and oxygen atoms in total. The Balaban J connectivity index is 2.30. The molecular formula is C15H19NO4S. The van der Waals surface area contributed by atoms with E-state index in [-0.39, 0.29) is 0 Å². The third kappa shape index (κ3) is 3.51. The van der Waals surface area contributed by atoms with E-state index in [0.29, 0.717) is 12.8 Å². The molecule has 1 saturated carbocycles. The molecule has 1 fully saturated rings. The molecule has 1 aromatic carbocycles. The number of carbonyl (C=O) groups is 1. The number of aliphatic carboxylic acids is 1. The zero-order valence-corrected chi connectivity index (χ0v) is 12.5. The van der Waals surface area contributed by atoms with E-state index in [1.54, 1.807) is 6.08 Å². The van der Waals surface area contributed by atoms with Crippen molar-refractivity contribution in [2.45, 2.75) is 37.6 Å². The molecule has 0 amide bonds. The first-order valence-electron chi connectivity index (χ1n) is 6.93. The van der Waals surface area contributed by atoms with Crippen molar-refractivity contribution >= 4 is 23.3 Å². The number of nitrogens with zero attached hydrogens (tertiary/aromatic N) is 1. The fraction of sp³-hybridized carbons (Fsp3) is 0.400. The third-order valence-corrected chi connectivity index (χ3v) is 4.68. The second kappa shape index (κ2) is 6.87. The molecule has 0 aliphatic heterocycles. The summed E-state index contributed by atoms with van der Waals surface area (Å²) in [6.07, 6.45) is 6.31. The first-order valence-corrected chi connectivity index (χ1v) is 7.99. The quantitative estimate of drug-likeness (QED) is 0.820. The first kappa shape index (κ1) is 15.7. The molecular weight excluding hydrogens is 290 g/mol. The lowest BCUT2D eigenvalue weighted by atomic mass is 9.82. The van der Waals surface area contributed by atoms with Crippen molar-refractivity contribution in [3.8, 4) is 0 Å². The van der Waals surface area contributed by atoms with Gasteiger partial charge in [0.2, 0.25) is 0 Å². The number of carboxylic acid groups (broad SMARTS) is 1. The topological polar surface area (TPSA) is 77.8 Å². The molecule has 2 rings (SSSR count). The van der Waals surface area contributed by atoms with E-state index in [1.165, 1.54) is 6.20 Å². The van der Waals surface area contributed by atoms with Gasteiger partial charge in [0.15, 0.2) is 5.54 Å². The number of benzene rings is 1. The molecule has 0 saturated heterocycles. The molecule has 114 valence electrons. The van der Waals surface area contributed by atoms with Crippen LogP contribution in [0.4, 0.5) is 0 Å². The Kier molecular flexibility index (Phi) is 5.14. The Morgan fingerprint density at radius 3 is 2.33 bits per heavy atom. The lowest BCUT2D eigenvalue weighted by Gasteiger charge is -2.39. The smallest absolute Gasteiger partial charge is 0.330 e. The summed E-state index contributed by atoms with van der Waals surface area (Å²) in [6.45, 7) is 0.